The summed E-state index contributed by atoms with van der Waals surface area (Å²) in [6.45, 7) is 2.09. The van der Waals surface area contributed by atoms with Gasteiger partial charge in [-0.1, -0.05) is 28.9 Å². The van der Waals surface area contributed by atoms with Gasteiger partial charge in [-0.2, -0.15) is 0 Å². The van der Waals surface area contributed by atoms with Crippen molar-refractivity contribution < 1.29 is 4.79 Å². The van der Waals surface area contributed by atoms with Crippen LogP contribution in [0.3, 0.4) is 0 Å². The Hall–Kier alpha value is -0.830. The van der Waals surface area contributed by atoms with Crippen molar-refractivity contribution in [3.05, 3.63) is 28.2 Å². The van der Waals surface area contributed by atoms with Crippen LogP contribution in [0.4, 0.5) is 5.69 Å². The van der Waals surface area contributed by atoms with Crippen molar-refractivity contribution in [2.45, 2.75) is 13.3 Å². The third-order valence-corrected chi connectivity index (χ3v) is 2.40. The Morgan fingerprint density at radius 2 is 2.33 bits per heavy atom. The minimum atomic E-state index is 0.674. The molecule has 0 unspecified atom stereocenters. The SMILES string of the molecule is CCc1ccc(NC=O)cc1Br. The van der Waals surface area contributed by atoms with E-state index in [-0.39, 0.29) is 0 Å². The average molecular weight is 228 g/mol. The van der Waals surface area contributed by atoms with Gasteiger partial charge < -0.3 is 5.32 Å². The van der Waals surface area contributed by atoms with E-state index in [1.165, 1.54) is 5.56 Å². The number of rotatable bonds is 3. The van der Waals surface area contributed by atoms with Crippen molar-refractivity contribution in [2.75, 3.05) is 5.32 Å². The minimum Gasteiger partial charge on any atom is -0.329 e. The molecule has 0 heterocycles. The number of hydrogen-bond acceptors (Lipinski definition) is 1. The standard InChI is InChI=1S/C9H10BrNO/c1-2-7-3-4-8(11-6-12)5-9(7)10/h3-6H,2H2,1H3,(H,11,12). The molecular formula is C9H10BrNO. The second-order valence-corrected chi connectivity index (χ2v) is 3.28. The van der Waals surface area contributed by atoms with Crippen LogP contribution in [0, 0.1) is 0 Å². The first-order chi connectivity index (χ1) is 5.77. The molecule has 1 rings (SSSR count). The number of carbonyl (C=O) groups excluding carboxylic acids is 1. The molecule has 1 aromatic rings. The van der Waals surface area contributed by atoms with Crippen molar-refractivity contribution in [2.24, 2.45) is 0 Å². The molecule has 64 valence electrons. The summed E-state index contributed by atoms with van der Waals surface area (Å²) in [5.41, 5.74) is 2.06. The fraction of sp³-hybridized carbons (Fsp3) is 0.222. The lowest BCUT2D eigenvalue weighted by Gasteiger charge is -2.03. The molecule has 1 N–H and O–H groups in total. The van der Waals surface area contributed by atoms with E-state index < -0.39 is 0 Å². The summed E-state index contributed by atoms with van der Waals surface area (Å²) in [6, 6.07) is 5.78. The summed E-state index contributed by atoms with van der Waals surface area (Å²) in [7, 11) is 0. The normalized spacial score (nSPS) is 9.50. The Kier molecular flexibility index (Phi) is 3.29. The molecule has 0 spiro atoms. The quantitative estimate of drug-likeness (QED) is 0.791. The fourth-order valence-corrected chi connectivity index (χ4v) is 1.65. The number of amides is 1. The van der Waals surface area contributed by atoms with E-state index in [2.05, 4.69) is 28.2 Å². The predicted octanol–water partition coefficient (Wildman–Crippen LogP) is 2.58. The molecule has 12 heavy (non-hydrogen) atoms. The van der Waals surface area contributed by atoms with Crippen molar-refractivity contribution >= 4 is 28.0 Å². The van der Waals surface area contributed by atoms with Crippen LogP contribution in [0.5, 0.6) is 0 Å². The molecule has 1 aromatic carbocycles. The Morgan fingerprint density at radius 3 is 2.83 bits per heavy atom. The van der Waals surface area contributed by atoms with E-state index >= 15 is 0 Å². The highest BCUT2D eigenvalue weighted by atomic mass is 79.9. The van der Waals surface area contributed by atoms with E-state index in [1.807, 2.05) is 18.2 Å². The lowest BCUT2D eigenvalue weighted by Crippen LogP contribution is -1.94. The first-order valence-electron chi connectivity index (χ1n) is 3.76. The zero-order valence-electron chi connectivity index (χ0n) is 6.80. The van der Waals surface area contributed by atoms with Crippen LogP contribution in [-0.2, 0) is 11.2 Å². The number of nitrogens with one attached hydrogen (secondary N) is 1. The maximum absolute atomic E-state index is 10.1. The summed E-state index contributed by atoms with van der Waals surface area (Å²) in [4.78, 5) is 10.1. The highest BCUT2D eigenvalue weighted by molar-refractivity contribution is 9.10. The molecule has 0 aliphatic heterocycles. The van der Waals surface area contributed by atoms with Crippen LogP contribution >= 0.6 is 15.9 Å². The maximum atomic E-state index is 10.1. The highest BCUT2D eigenvalue weighted by Crippen LogP contribution is 2.21. The van der Waals surface area contributed by atoms with E-state index in [1.54, 1.807) is 0 Å². The predicted molar refractivity (Wildman–Crippen MR) is 53.2 cm³/mol. The van der Waals surface area contributed by atoms with Crippen LogP contribution in [0.15, 0.2) is 22.7 Å². The van der Waals surface area contributed by atoms with Gasteiger partial charge in [-0.25, -0.2) is 0 Å². The smallest absolute Gasteiger partial charge is 0.211 e. The van der Waals surface area contributed by atoms with E-state index in [0.29, 0.717) is 6.41 Å². The van der Waals surface area contributed by atoms with Gasteiger partial charge in [0.2, 0.25) is 6.41 Å². The van der Waals surface area contributed by atoms with Crippen molar-refractivity contribution in [1.29, 1.82) is 0 Å². The summed E-state index contributed by atoms with van der Waals surface area (Å²) in [5.74, 6) is 0. The third-order valence-electron chi connectivity index (χ3n) is 1.66. The van der Waals surface area contributed by atoms with Crippen molar-refractivity contribution in [1.82, 2.24) is 0 Å². The molecule has 0 radical (unpaired) electrons. The van der Waals surface area contributed by atoms with Gasteiger partial charge in [0, 0.05) is 10.2 Å². The number of aryl methyl sites for hydroxylation is 1. The first kappa shape index (κ1) is 9.26. The number of benzene rings is 1. The van der Waals surface area contributed by atoms with Crippen LogP contribution < -0.4 is 5.32 Å². The Bertz CT molecular complexity index is 286. The van der Waals surface area contributed by atoms with E-state index in [0.717, 1.165) is 16.6 Å². The molecule has 0 atom stereocenters. The number of anilines is 1. The zero-order chi connectivity index (χ0) is 8.97. The van der Waals surface area contributed by atoms with Gasteiger partial charge in [-0.05, 0) is 24.1 Å². The summed E-state index contributed by atoms with van der Waals surface area (Å²) < 4.78 is 1.04. The van der Waals surface area contributed by atoms with E-state index in [9.17, 15) is 4.79 Å². The second kappa shape index (κ2) is 4.26. The van der Waals surface area contributed by atoms with Crippen LogP contribution in [0.2, 0.25) is 0 Å². The highest BCUT2D eigenvalue weighted by Gasteiger charge is 1.97. The summed E-state index contributed by atoms with van der Waals surface area (Å²) in [6.07, 6.45) is 1.66. The Balaban J connectivity index is 2.93. The molecule has 0 bridgehead atoms. The summed E-state index contributed by atoms with van der Waals surface area (Å²) >= 11 is 3.42. The fourth-order valence-electron chi connectivity index (χ4n) is 0.992. The van der Waals surface area contributed by atoms with Gasteiger partial charge in [0.25, 0.3) is 0 Å². The number of hydrogen-bond donors (Lipinski definition) is 1. The third kappa shape index (κ3) is 2.08. The van der Waals surface area contributed by atoms with Crippen LogP contribution in [0.1, 0.15) is 12.5 Å². The Morgan fingerprint density at radius 1 is 1.58 bits per heavy atom. The molecule has 0 aromatic heterocycles. The molecule has 0 aliphatic rings. The van der Waals surface area contributed by atoms with Crippen LogP contribution in [-0.4, -0.2) is 6.41 Å². The Labute approximate surface area is 80.1 Å². The molecule has 0 saturated heterocycles. The van der Waals surface area contributed by atoms with Gasteiger partial charge in [0.05, 0.1) is 0 Å². The number of carbonyl (C=O) groups is 1. The minimum absolute atomic E-state index is 0.674. The molecule has 0 aliphatic carbocycles. The average Bonchev–Trinajstić information content (AvgIpc) is 2.05. The lowest BCUT2D eigenvalue weighted by molar-refractivity contribution is -0.105. The molecule has 1 amide bonds. The van der Waals surface area contributed by atoms with Gasteiger partial charge in [0.1, 0.15) is 0 Å². The summed E-state index contributed by atoms with van der Waals surface area (Å²) in [5, 5.41) is 2.59. The molecular weight excluding hydrogens is 218 g/mol. The molecule has 2 nitrogen and oxygen atoms in total. The largest absolute Gasteiger partial charge is 0.329 e. The lowest BCUT2D eigenvalue weighted by atomic mass is 10.1. The van der Waals surface area contributed by atoms with Gasteiger partial charge in [-0.15, -0.1) is 0 Å². The topological polar surface area (TPSA) is 29.1 Å². The zero-order valence-corrected chi connectivity index (χ0v) is 8.39. The molecule has 0 saturated carbocycles. The first-order valence-corrected chi connectivity index (χ1v) is 4.56. The van der Waals surface area contributed by atoms with Gasteiger partial charge in [-0.3, -0.25) is 4.79 Å². The monoisotopic (exact) mass is 227 g/mol. The molecule has 3 heteroatoms. The van der Waals surface area contributed by atoms with Crippen LogP contribution in [0.25, 0.3) is 0 Å². The van der Waals surface area contributed by atoms with Crippen molar-refractivity contribution in [3.63, 3.8) is 0 Å². The van der Waals surface area contributed by atoms with Gasteiger partial charge in [0.15, 0.2) is 0 Å². The number of halogens is 1. The molecule has 0 fully saturated rings. The maximum Gasteiger partial charge on any atom is 0.211 e. The second-order valence-electron chi connectivity index (χ2n) is 2.42. The van der Waals surface area contributed by atoms with Crippen molar-refractivity contribution in [3.8, 4) is 0 Å². The van der Waals surface area contributed by atoms with E-state index in [4.69, 9.17) is 0 Å². The van der Waals surface area contributed by atoms with Gasteiger partial charge >= 0.3 is 0 Å².